The molecule has 0 bridgehead atoms. The topological polar surface area (TPSA) is 72.8 Å². The third-order valence-electron chi connectivity index (χ3n) is 7.65. The number of carbonyl (C=O) groups excluding carboxylic acids is 1. The van der Waals surface area contributed by atoms with E-state index in [1.807, 2.05) is 6.92 Å². The van der Waals surface area contributed by atoms with Gasteiger partial charge in [-0.2, -0.15) is 0 Å². The number of carboxylic acid groups (broad SMARTS) is 1. The van der Waals surface area contributed by atoms with Gasteiger partial charge in [-0.25, -0.2) is 0 Å². The summed E-state index contributed by atoms with van der Waals surface area (Å²) in [6, 6.07) is 0. The highest BCUT2D eigenvalue weighted by molar-refractivity contribution is 5.68. The number of fused-ring (bicyclic) bond motifs is 2. The Hall–Kier alpha value is -1.36. The van der Waals surface area contributed by atoms with E-state index in [9.17, 15) is 14.7 Å². The second-order valence-electron chi connectivity index (χ2n) is 10.0. The fraction of sp³-hybridized carbons (Fsp3) is 0.818. The van der Waals surface area contributed by atoms with Gasteiger partial charge in [-0.05, 0) is 55.9 Å². The van der Waals surface area contributed by atoms with Crippen molar-refractivity contribution in [3.8, 4) is 0 Å². The second kappa shape index (κ2) is 6.61. The third-order valence-corrected chi connectivity index (χ3v) is 7.65. The number of carbonyl (C=O) groups is 2. The fourth-order valence-electron chi connectivity index (χ4n) is 6.37. The second-order valence-corrected chi connectivity index (χ2v) is 10.0. The smallest absolute Gasteiger partial charge is 0.306 e. The van der Waals surface area contributed by atoms with Crippen molar-refractivity contribution in [3.63, 3.8) is 0 Å². The predicted molar refractivity (Wildman–Crippen MR) is 102 cm³/mol. The molecule has 0 aromatic rings. The lowest BCUT2D eigenvalue weighted by Gasteiger charge is -2.61. The molecule has 2 aliphatic carbocycles. The van der Waals surface area contributed by atoms with Crippen molar-refractivity contribution in [1.82, 2.24) is 0 Å². The molecule has 1 spiro atoms. The van der Waals surface area contributed by atoms with Gasteiger partial charge in [0, 0.05) is 12.3 Å². The van der Waals surface area contributed by atoms with E-state index in [-0.39, 0.29) is 29.8 Å². The number of allylic oxidation sites excluding steroid dienone is 1. The Morgan fingerprint density at radius 2 is 1.89 bits per heavy atom. The maximum atomic E-state index is 11.5. The van der Waals surface area contributed by atoms with Crippen molar-refractivity contribution in [2.24, 2.45) is 16.7 Å². The van der Waals surface area contributed by atoms with Crippen LogP contribution in [0.3, 0.4) is 0 Å². The minimum Gasteiger partial charge on any atom is -0.481 e. The number of aliphatic carboxylic acids is 1. The van der Waals surface area contributed by atoms with Crippen LogP contribution < -0.4 is 0 Å². The van der Waals surface area contributed by atoms with Crippen molar-refractivity contribution in [1.29, 1.82) is 0 Å². The summed E-state index contributed by atoms with van der Waals surface area (Å²) in [5.74, 6) is -0.665. The molecule has 5 heteroatoms. The van der Waals surface area contributed by atoms with Crippen LogP contribution in [0.1, 0.15) is 79.6 Å². The minimum atomic E-state index is -0.832. The Labute approximate surface area is 162 Å². The first-order valence-electron chi connectivity index (χ1n) is 10.2. The molecule has 0 amide bonds. The van der Waals surface area contributed by atoms with Crippen molar-refractivity contribution in [2.45, 2.75) is 90.8 Å². The van der Waals surface area contributed by atoms with Crippen molar-refractivity contribution in [2.75, 3.05) is 6.61 Å². The molecule has 3 rings (SSSR count). The summed E-state index contributed by atoms with van der Waals surface area (Å²) in [6.45, 7) is 10.6. The Morgan fingerprint density at radius 1 is 1.19 bits per heavy atom. The van der Waals surface area contributed by atoms with Crippen LogP contribution in [-0.2, 0) is 19.1 Å². The molecule has 1 aliphatic heterocycles. The van der Waals surface area contributed by atoms with E-state index in [2.05, 4.69) is 26.8 Å². The number of hydrogen-bond acceptors (Lipinski definition) is 4. The van der Waals surface area contributed by atoms with Crippen LogP contribution in [-0.4, -0.2) is 34.9 Å². The number of carboxylic acids is 1. The molecule has 3 aliphatic rings. The normalized spacial score (nSPS) is 40.3. The largest absolute Gasteiger partial charge is 0.481 e. The van der Waals surface area contributed by atoms with E-state index < -0.39 is 17.2 Å². The van der Waals surface area contributed by atoms with Gasteiger partial charge >= 0.3 is 11.9 Å². The molecule has 4 unspecified atom stereocenters. The zero-order valence-electron chi connectivity index (χ0n) is 17.4. The zero-order chi connectivity index (χ0) is 20.1. The van der Waals surface area contributed by atoms with E-state index in [1.165, 1.54) is 13.3 Å². The maximum Gasteiger partial charge on any atom is 0.306 e. The maximum absolute atomic E-state index is 11.5. The SMILES string of the molecule is CC(=O)OCC1=CCC2C(C)(C)CCCC2(C)C12CCC(C)(CC(=O)O)O2. The molecule has 0 radical (unpaired) electrons. The summed E-state index contributed by atoms with van der Waals surface area (Å²) in [4.78, 5) is 22.9. The van der Waals surface area contributed by atoms with E-state index >= 15 is 0 Å². The summed E-state index contributed by atoms with van der Waals surface area (Å²) < 4.78 is 12.1. The number of esters is 1. The highest BCUT2D eigenvalue weighted by atomic mass is 16.5. The first kappa shape index (κ1) is 20.4. The van der Waals surface area contributed by atoms with Crippen molar-refractivity contribution >= 4 is 11.9 Å². The van der Waals surface area contributed by atoms with E-state index in [0.717, 1.165) is 31.3 Å². The molecule has 4 atom stereocenters. The Kier molecular flexibility index (Phi) is 4.99. The van der Waals surface area contributed by atoms with Crippen LogP contribution >= 0.6 is 0 Å². The summed E-state index contributed by atoms with van der Waals surface area (Å²) in [5.41, 5.74) is -0.0855. The molecule has 1 N–H and O–H groups in total. The Morgan fingerprint density at radius 3 is 2.52 bits per heavy atom. The van der Waals surface area contributed by atoms with Gasteiger partial charge in [-0.1, -0.05) is 33.3 Å². The lowest BCUT2D eigenvalue weighted by atomic mass is 9.46. The molecule has 1 saturated carbocycles. The average Bonchev–Trinajstić information content (AvgIpc) is 2.86. The fourth-order valence-corrected chi connectivity index (χ4v) is 6.37. The van der Waals surface area contributed by atoms with Gasteiger partial charge in [0.2, 0.25) is 0 Å². The van der Waals surface area contributed by atoms with Crippen molar-refractivity contribution < 1.29 is 24.2 Å². The number of rotatable bonds is 4. The average molecular weight is 379 g/mol. The molecule has 5 nitrogen and oxygen atoms in total. The van der Waals surface area contributed by atoms with E-state index in [4.69, 9.17) is 9.47 Å². The van der Waals surface area contributed by atoms with Gasteiger partial charge in [0.1, 0.15) is 6.61 Å². The van der Waals surface area contributed by atoms with Crippen LogP contribution in [0.25, 0.3) is 0 Å². The molecule has 27 heavy (non-hydrogen) atoms. The summed E-state index contributed by atoms with van der Waals surface area (Å²) in [7, 11) is 0. The molecular formula is C22H34O5. The summed E-state index contributed by atoms with van der Waals surface area (Å²) in [6.07, 6.45) is 8.06. The molecule has 0 aromatic heterocycles. The standard InChI is InChI=1S/C22H34O5/c1-15(23)26-14-16-7-8-17-19(2,3)9-6-10-21(17,5)22(16)12-11-20(4,27-22)13-18(24)25/h7,17H,6,8-14H2,1-5H3,(H,24,25). The lowest BCUT2D eigenvalue weighted by Crippen LogP contribution is -2.60. The van der Waals surface area contributed by atoms with Crippen LogP contribution in [0, 0.1) is 16.7 Å². The van der Waals surface area contributed by atoms with Crippen LogP contribution in [0.5, 0.6) is 0 Å². The summed E-state index contributed by atoms with van der Waals surface area (Å²) >= 11 is 0. The van der Waals surface area contributed by atoms with Crippen molar-refractivity contribution in [3.05, 3.63) is 11.6 Å². The molecule has 1 heterocycles. The van der Waals surface area contributed by atoms with Gasteiger partial charge in [0.05, 0.1) is 17.6 Å². The van der Waals surface area contributed by atoms with Gasteiger partial charge in [-0.15, -0.1) is 0 Å². The first-order chi connectivity index (χ1) is 12.4. The third kappa shape index (κ3) is 3.32. The van der Waals surface area contributed by atoms with E-state index in [1.54, 1.807) is 0 Å². The first-order valence-corrected chi connectivity index (χ1v) is 10.2. The quantitative estimate of drug-likeness (QED) is 0.576. The van der Waals surface area contributed by atoms with Gasteiger partial charge in [0.15, 0.2) is 0 Å². The molecule has 1 saturated heterocycles. The Balaban J connectivity index is 2.04. The zero-order valence-corrected chi connectivity index (χ0v) is 17.4. The molecular weight excluding hydrogens is 344 g/mol. The Bertz CT molecular complexity index is 666. The minimum absolute atomic E-state index is 0.000263. The lowest BCUT2D eigenvalue weighted by molar-refractivity contribution is -0.196. The molecule has 0 aromatic carbocycles. The molecule has 2 fully saturated rings. The number of ether oxygens (including phenoxy) is 2. The monoisotopic (exact) mass is 378 g/mol. The van der Waals surface area contributed by atoms with Crippen LogP contribution in [0.4, 0.5) is 0 Å². The van der Waals surface area contributed by atoms with Gasteiger partial charge < -0.3 is 14.6 Å². The van der Waals surface area contributed by atoms with Crippen LogP contribution in [0.15, 0.2) is 11.6 Å². The van der Waals surface area contributed by atoms with Crippen LogP contribution in [0.2, 0.25) is 0 Å². The highest BCUT2D eigenvalue weighted by Crippen LogP contribution is 2.66. The number of hydrogen-bond donors (Lipinski definition) is 1. The molecule has 152 valence electrons. The van der Waals surface area contributed by atoms with Gasteiger partial charge in [0.25, 0.3) is 0 Å². The summed E-state index contributed by atoms with van der Waals surface area (Å²) in [5, 5.41) is 9.38. The van der Waals surface area contributed by atoms with E-state index in [0.29, 0.717) is 12.3 Å². The predicted octanol–water partition coefficient (Wildman–Crippen LogP) is 4.49. The van der Waals surface area contributed by atoms with Gasteiger partial charge in [-0.3, -0.25) is 9.59 Å². The highest BCUT2D eigenvalue weighted by Gasteiger charge is 2.65.